The first kappa shape index (κ1) is 18.1. The Hall–Kier alpha value is -2.70. The molecule has 1 heterocycles. The summed E-state index contributed by atoms with van der Waals surface area (Å²) in [4.78, 5) is 29.1. The van der Waals surface area contributed by atoms with Crippen molar-refractivity contribution in [3.8, 4) is 0 Å². The van der Waals surface area contributed by atoms with Gasteiger partial charge in [-0.05, 0) is 29.8 Å². The van der Waals surface area contributed by atoms with Gasteiger partial charge in [0, 0.05) is 28.1 Å². The predicted octanol–water partition coefficient (Wildman–Crippen LogP) is 3.76. The summed E-state index contributed by atoms with van der Waals surface area (Å²) in [6.45, 7) is -0.111. The number of rotatable bonds is 6. The third-order valence-electron chi connectivity index (χ3n) is 3.54. The number of amides is 2. The van der Waals surface area contributed by atoms with Crippen molar-refractivity contribution in [2.75, 3.05) is 11.9 Å². The lowest BCUT2D eigenvalue weighted by atomic mass is 10.1. The highest BCUT2D eigenvalue weighted by Gasteiger charge is 2.10. The van der Waals surface area contributed by atoms with Crippen molar-refractivity contribution in [3.63, 3.8) is 0 Å². The number of anilines is 1. The van der Waals surface area contributed by atoms with Crippen LogP contribution in [0.25, 0.3) is 0 Å². The van der Waals surface area contributed by atoms with Crippen molar-refractivity contribution in [3.05, 3.63) is 81.8 Å². The summed E-state index contributed by atoms with van der Waals surface area (Å²) in [6, 6.07) is 16.4. The van der Waals surface area contributed by atoms with Crippen LogP contribution in [0.5, 0.6) is 0 Å². The molecule has 0 fully saturated rings. The molecular weight excluding hydrogens is 370 g/mol. The van der Waals surface area contributed by atoms with Gasteiger partial charge in [0.25, 0.3) is 5.91 Å². The molecular formula is C19H16ClN3O2S. The van der Waals surface area contributed by atoms with Gasteiger partial charge in [0.1, 0.15) is 0 Å². The Labute approximate surface area is 160 Å². The molecule has 0 unspecified atom stereocenters. The van der Waals surface area contributed by atoms with Crippen LogP contribution in [0.15, 0.2) is 60.8 Å². The molecule has 3 aromatic rings. The van der Waals surface area contributed by atoms with Crippen molar-refractivity contribution in [1.29, 1.82) is 0 Å². The summed E-state index contributed by atoms with van der Waals surface area (Å²) in [7, 11) is 0. The van der Waals surface area contributed by atoms with Gasteiger partial charge in [-0.25, -0.2) is 4.98 Å². The number of hydrogen-bond acceptors (Lipinski definition) is 4. The Kier molecular flexibility index (Phi) is 5.99. The number of aromatic nitrogens is 1. The van der Waals surface area contributed by atoms with Crippen LogP contribution in [0.1, 0.15) is 20.8 Å². The van der Waals surface area contributed by atoms with E-state index in [1.54, 1.807) is 30.5 Å². The van der Waals surface area contributed by atoms with Crippen LogP contribution in [0.3, 0.4) is 0 Å². The summed E-state index contributed by atoms with van der Waals surface area (Å²) in [6.07, 6.45) is 2.45. The third kappa shape index (κ3) is 5.15. The van der Waals surface area contributed by atoms with E-state index in [-0.39, 0.29) is 18.4 Å². The Balaban J connectivity index is 1.49. The Morgan fingerprint density at radius 1 is 1.04 bits per heavy atom. The van der Waals surface area contributed by atoms with Crippen LogP contribution in [-0.2, 0) is 11.2 Å². The average molecular weight is 386 g/mol. The third-order valence-corrected chi connectivity index (χ3v) is 4.70. The molecule has 2 aromatic carbocycles. The fourth-order valence-corrected chi connectivity index (χ4v) is 3.25. The molecule has 0 saturated heterocycles. The Morgan fingerprint density at radius 2 is 1.77 bits per heavy atom. The van der Waals surface area contributed by atoms with Crippen LogP contribution in [0, 0.1) is 0 Å². The molecule has 2 N–H and O–H groups in total. The number of benzene rings is 2. The lowest BCUT2D eigenvalue weighted by molar-refractivity contribution is -0.115. The number of nitrogens with one attached hydrogen (secondary N) is 2. The van der Waals surface area contributed by atoms with E-state index in [1.807, 2.05) is 30.3 Å². The highest BCUT2D eigenvalue weighted by molar-refractivity contribution is 7.15. The van der Waals surface area contributed by atoms with Gasteiger partial charge in [0.15, 0.2) is 5.13 Å². The van der Waals surface area contributed by atoms with Gasteiger partial charge >= 0.3 is 0 Å². The summed E-state index contributed by atoms with van der Waals surface area (Å²) in [5, 5.41) is 6.49. The minimum atomic E-state index is -0.318. The number of carbonyl (C=O) groups excluding carboxylic acids is 2. The van der Waals surface area contributed by atoms with Crippen LogP contribution in [0.4, 0.5) is 5.13 Å². The Morgan fingerprint density at radius 3 is 2.50 bits per heavy atom. The van der Waals surface area contributed by atoms with Crippen molar-refractivity contribution in [2.45, 2.75) is 6.42 Å². The molecule has 1 aromatic heterocycles. The highest BCUT2D eigenvalue weighted by Crippen LogP contribution is 2.21. The molecule has 0 saturated carbocycles. The molecule has 0 aliphatic rings. The molecule has 0 radical (unpaired) electrons. The molecule has 2 amide bonds. The quantitative estimate of drug-likeness (QED) is 0.678. The number of carbonyl (C=O) groups is 2. The zero-order chi connectivity index (χ0) is 18.4. The number of thiazole rings is 1. The fraction of sp³-hybridized carbons (Fsp3) is 0.105. The largest absolute Gasteiger partial charge is 0.343 e. The van der Waals surface area contributed by atoms with Crippen molar-refractivity contribution in [2.24, 2.45) is 0 Å². The average Bonchev–Trinajstić information content (AvgIpc) is 3.09. The van der Waals surface area contributed by atoms with Gasteiger partial charge < -0.3 is 10.6 Å². The Bertz CT molecular complexity index is 895. The van der Waals surface area contributed by atoms with E-state index in [1.165, 1.54) is 11.3 Å². The van der Waals surface area contributed by atoms with E-state index in [0.29, 0.717) is 15.7 Å². The molecule has 3 rings (SSSR count). The van der Waals surface area contributed by atoms with Crippen molar-refractivity contribution < 1.29 is 9.59 Å². The van der Waals surface area contributed by atoms with Gasteiger partial charge in [0.2, 0.25) is 5.91 Å². The van der Waals surface area contributed by atoms with E-state index in [4.69, 9.17) is 11.6 Å². The van der Waals surface area contributed by atoms with Gasteiger partial charge in [-0.2, -0.15) is 0 Å². The predicted molar refractivity (Wildman–Crippen MR) is 104 cm³/mol. The minimum Gasteiger partial charge on any atom is -0.343 e. The monoisotopic (exact) mass is 385 g/mol. The first-order valence-corrected chi connectivity index (χ1v) is 9.12. The van der Waals surface area contributed by atoms with Crippen LogP contribution in [0.2, 0.25) is 5.02 Å². The second-order valence-corrected chi connectivity index (χ2v) is 7.08. The molecule has 26 heavy (non-hydrogen) atoms. The maximum atomic E-state index is 12.0. The van der Waals surface area contributed by atoms with Crippen LogP contribution in [-0.4, -0.2) is 23.3 Å². The normalized spacial score (nSPS) is 10.3. The van der Waals surface area contributed by atoms with E-state index < -0.39 is 0 Å². The molecule has 0 spiro atoms. The summed E-state index contributed by atoms with van der Waals surface area (Å²) in [5.74, 6) is -0.606. The minimum absolute atomic E-state index is 0.111. The zero-order valence-corrected chi connectivity index (χ0v) is 15.3. The highest BCUT2D eigenvalue weighted by atomic mass is 35.5. The molecule has 0 aliphatic heterocycles. The van der Waals surface area contributed by atoms with Crippen molar-refractivity contribution in [1.82, 2.24) is 10.3 Å². The molecule has 0 bridgehead atoms. The van der Waals surface area contributed by atoms with Crippen LogP contribution < -0.4 is 10.6 Å². The summed E-state index contributed by atoms with van der Waals surface area (Å²) in [5.41, 5.74) is 1.63. The zero-order valence-electron chi connectivity index (χ0n) is 13.7. The summed E-state index contributed by atoms with van der Waals surface area (Å²) >= 11 is 7.28. The van der Waals surface area contributed by atoms with Gasteiger partial charge in [0.05, 0.1) is 6.54 Å². The lowest BCUT2D eigenvalue weighted by Gasteiger charge is -2.04. The number of halogens is 1. The second-order valence-electron chi connectivity index (χ2n) is 5.53. The molecule has 0 aliphatic carbocycles. The number of nitrogens with zero attached hydrogens (tertiary/aromatic N) is 1. The maximum absolute atomic E-state index is 12.0. The molecule has 0 atom stereocenters. The second kappa shape index (κ2) is 8.60. The van der Waals surface area contributed by atoms with Gasteiger partial charge in [-0.1, -0.05) is 41.9 Å². The number of hydrogen-bond donors (Lipinski definition) is 2. The van der Waals surface area contributed by atoms with Crippen LogP contribution >= 0.6 is 22.9 Å². The topological polar surface area (TPSA) is 71.1 Å². The molecule has 7 heteroatoms. The summed E-state index contributed by atoms with van der Waals surface area (Å²) < 4.78 is 0. The fourth-order valence-electron chi connectivity index (χ4n) is 2.27. The maximum Gasteiger partial charge on any atom is 0.251 e. The lowest BCUT2D eigenvalue weighted by Crippen LogP contribution is -2.32. The standard InChI is InChI=1S/C19H16ClN3O2S/c20-15-8-6-13(7-9-15)10-16-11-22-19(26-16)23-17(24)12-21-18(25)14-4-2-1-3-5-14/h1-9,11H,10,12H2,(H,21,25)(H,22,23,24). The molecule has 5 nitrogen and oxygen atoms in total. The van der Waals surface area contributed by atoms with E-state index in [0.717, 1.165) is 16.9 Å². The first-order chi connectivity index (χ1) is 12.6. The van der Waals surface area contributed by atoms with Crippen molar-refractivity contribution >= 4 is 39.9 Å². The molecule has 132 valence electrons. The SMILES string of the molecule is O=C(CNC(=O)c1ccccc1)Nc1ncc(Cc2ccc(Cl)cc2)s1. The van der Waals surface area contributed by atoms with Gasteiger partial charge in [-0.3, -0.25) is 9.59 Å². The van der Waals surface area contributed by atoms with E-state index in [2.05, 4.69) is 15.6 Å². The first-order valence-electron chi connectivity index (χ1n) is 7.92. The smallest absolute Gasteiger partial charge is 0.251 e. The van der Waals surface area contributed by atoms with E-state index >= 15 is 0 Å². The van der Waals surface area contributed by atoms with Gasteiger partial charge in [-0.15, -0.1) is 11.3 Å². The van der Waals surface area contributed by atoms with E-state index in [9.17, 15) is 9.59 Å².